The summed E-state index contributed by atoms with van der Waals surface area (Å²) < 4.78 is 33.1. The summed E-state index contributed by atoms with van der Waals surface area (Å²) in [5, 5.41) is 9.91. The topological polar surface area (TPSA) is 106 Å². The number of aliphatic hydroxyl groups excluding tert-OH is 1. The van der Waals surface area contributed by atoms with Crippen molar-refractivity contribution in [2.75, 3.05) is 45.4 Å². The fourth-order valence-electron chi connectivity index (χ4n) is 4.84. The average molecular weight is 557 g/mol. The molecule has 216 valence electrons. The van der Waals surface area contributed by atoms with Crippen LogP contribution in [0.2, 0.25) is 0 Å². The fourth-order valence-corrected chi connectivity index (χ4v) is 4.84. The predicted octanol–water partition coefficient (Wildman–Crippen LogP) is 4.65. The summed E-state index contributed by atoms with van der Waals surface area (Å²) in [5.74, 6) is -0.155. The maximum atomic E-state index is 15.4. The van der Waals surface area contributed by atoms with Gasteiger partial charge in [0, 0.05) is 50.1 Å². The van der Waals surface area contributed by atoms with E-state index in [0.717, 1.165) is 0 Å². The molecule has 4 rings (SSSR count). The molecule has 40 heavy (non-hydrogen) atoms. The third-order valence-electron chi connectivity index (χ3n) is 6.87. The molecular weight excluding hydrogens is 519 g/mol. The second-order valence-electron chi connectivity index (χ2n) is 10.7. The molecule has 1 aliphatic rings. The van der Waals surface area contributed by atoms with Crippen LogP contribution in [0.5, 0.6) is 11.5 Å². The third-order valence-corrected chi connectivity index (χ3v) is 6.87. The van der Waals surface area contributed by atoms with Crippen molar-refractivity contribution in [2.24, 2.45) is 0 Å². The number of piperidine rings is 1. The first-order valence-electron chi connectivity index (χ1n) is 13.3. The number of carbonyl (C=O) groups excluding carboxylic acids is 1. The summed E-state index contributed by atoms with van der Waals surface area (Å²) >= 11 is 0. The van der Waals surface area contributed by atoms with Crippen LogP contribution in [0.15, 0.2) is 41.5 Å². The van der Waals surface area contributed by atoms with Gasteiger partial charge >= 0.3 is 6.09 Å². The molecule has 2 aromatic carbocycles. The molecule has 2 heterocycles. The van der Waals surface area contributed by atoms with Crippen LogP contribution in [0.1, 0.15) is 46.1 Å². The van der Waals surface area contributed by atoms with Gasteiger partial charge in [-0.3, -0.25) is 9.36 Å². The van der Waals surface area contributed by atoms with Gasteiger partial charge in [0.25, 0.3) is 5.56 Å². The lowest BCUT2D eigenvalue weighted by Gasteiger charge is -2.34. The minimum atomic E-state index is -0.582. The zero-order valence-corrected chi connectivity index (χ0v) is 23.6. The molecular formula is C29H37FN4O6. The number of amides is 1. The number of hydrogen-bond donors (Lipinski definition) is 1. The van der Waals surface area contributed by atoms with Crippen molar-refractivity contribution in [1.29, 1.82) is 0 Å². The number of fused-ring (bicyclic) bond motifs is 1. The first kappa shape index (κ1) is 29.1. The molecule has 0 unspecified atom stereocenters. The van der Waals surface area contributed by atoms with Crippen molar-refractivity contribution in [1.82, 2.24) is 14.5 Å². The second-order valence-corrected chi connectivity index (χ2v) is 10.7. The van der Waals surface area contributed by atoms with Gasteiger partial charge in [0.1, 0.15) is 11.4 Å². The largest absolute Gasteiger partial charge is 0.497 e. The Hall–Kier alpha value is -3.86. The van der Waals surface area contributed by atoms with Gasteiger partial charge < -0.3 is 29.1 Å². The molecule has 0 bridgehead atoms. The van der Waals surface area contributed by atoms with E-state index >= 15 is 4.39 Å². The SMILES string of the molecule is COc1cc(OC)c(F)c(N(CCCO)c2ccc3ncn(C4CCN(C(=O)OC(C)(C)C)CC4)c(=O)c3c2)c1. The summed E-state index contributed by atoms with van der Waals surface area (Å²) in [6.07, 6.45) is 2.73. The van der Waals surface area contributed by atoms with E-state index in [1.165, 1.54) is 20.3 Å². The predicted molar refractivity (Wildman–Crippen MR) is 150 cm³/mol. The van der Waals surface area contributed by atoms with Gasteiger partial charge in [-0.05, 0) is 58.2 Å². The Morgan fingerprint density at radius 2 is 1.88 bits per heavy atom. The number of ether oxygens (including phenoxy) is 3. The molecule has 1 saturated heterocycles. The normalized spacial score (nSPS) is 14.3. The number of likely N-dealkylation sites (tertiary alicyclic amines) is 1. The molecule has 0 radical (unpaired) electrons. The summed E-state index contributed by atoms with van der Waals surface area (Å²) in [5.41, 5.74) is 0.485. The molecule has 0 saturated carbocycles. The average Bonchev–Trinajstić information content (AvgIpc) is 2.93. The Balaban J connectivity index is 1.66. The molecule has 1 N–H and O–H groups in total. The fraction of sp³-hybridized carbons (Fsp3) is 0.483. The molecule has 1 aromatic heterocycles. The van der Waals surface area contributed by atoms with Crippen LogP contribution in [-0.4, -0.2) is 71.7 Å². The van der Waals surface area contributed by atoms with Crippen LogP contribution < -0.4 is 19.9 Å². The van der Waals surface area contributed by atoms with Crippen LogP contribution in [0.3, 0.4) is 0 Å². The van der Waals surface area contributed by atoms with Gasteiger partial charge in [0.15, 0.2) is 11.6 Å². The van der Waals surface area contributed by atoms with Gasteiger partial charge in [-0.1, -0.05) is 0 Å². The van der Waals surface area contributed by atoms with E-state index in [1.807, 2.05) is 20.8 Å². The number of aromatic nitrogens is 2. The number of carbonyl (C=O) groups is 1. The number of aliphatic hydroxyl groups is 1. The zero-order valence-electron chi connectivity index (χ0n) is 23.6. The number of rotatable bonds is 8. The van der Waals surface area contributed by atoms with E-state index in [-0.39, 0.29) is 42.3 Å². The number of hydrogen-bond acceptors (Lipinski definition) is 8. The van der Waals surface area contributed by atoms with Crippen molar-refractivity contribution < 1.29 is 28.5 Å². The molecule has 1 fully saturated rings. The number of anilines is 2. The molecule has 3 aromatic rings. The molecule has 11 heteroatoms. The number of benzene rings is 2. The van der Waals surface area contributed by atoms with E-state index in [4.69, 9.17) is 14.2 Å². The van der Waals surface area contributed by atoms with Gasteiger partial charge in [0.2, 0.25) is 0 Å². The summed E-state index contributed by atoms with van der Waals surface area (Å²) in [7, 11) is 2.86. The number of nitrogens with zero attached hydrogens (tertiary/aromatic N) is 4. The van der Waals surface area contributed by atoms with Crippen LogP contribution >= 0.6 is 0 Å². The van der Waals surface area contributed by atoms with Gasteiger partial charge in [-0.2, -0.15) is 0 Å². The van der Waals surface area contributed by atoms with E-state index in [9.17, 15) is 14.7 Å². The summed E-state index contributed by atoms with van der Waals surface area (Å²) in [6, 6.07) is 8.07. The maximum absolute atomic E-state index is 15.4. The lowest BCUT2D eigenvalue weighted by Crippen LogP contribution is -2.43. The number of halogens is 1. The Labute approximate surface area is 232 Å². The van der Waals surface area contributed by atoms with E-state index in [0.29, 0.717) is 54.7 Å². The highest BCUT2D eigenvalue weighted by molar-refractivity contribution is 5.83. The minimum Gasteiger partial charge on any atom is -0.497 e. The van der Waals surface area contributed by atoms with E-state index in [2.05, 4.69) is 4.98 Å². The monoisotopic (exact) mass is 556 g/mol. The molecule has 10 nitrogen and oxygen atoms in total. The molecule has 1 amide bonds. The highest BCUT2D eigenvalue weighted by atomic mass is 19.1. The lowest BCUT2D eigenvalue weighted by atomic mass is 10.0. The second kappa shape index (κ2) is 12.1. The van der Waals surface area contributed by atoms with E-state index < -0.39 is 11.4 Å². The molecule has 1 aliphatic heterocycles. The van der Waals surface area contributed by atoms with E-state index in [1.54, 1.807) is 45.0 Å². The van der Waals surface area contributed by atoms with Crippen LogP contribution in [0, 0.1) is 5.82 Å². The number of methoxy groups -OCH3 is 2. The van der Waals surface area contributed by atoms with Gasteiger partial charge in [-0.15, -0.1) is 0 Å². The smallest absolute Gasteiger partial charge is 0.410 e. The highest BCUT2D eigenvalue weighted by Crippen LogP contribution is 2.37. The Bertz CT molecular complexity index is 1410. The van der Waals surface area contributed by atoms with Crippen LogP contribution in [-0.2, 0) is 4.74 Å². The van der Waals surface area contributed by atoms with Crippen molar-refractivity contribution in [3.8, 4) is 11.5 Å². The first-order chi connectivity index (χ1) is 19.1. The standard InChI is InChI=1S/C29H37FN4O6/c1-29(2,3)40-28(37)32-12-9-19(10-13-32)34-18-31-23-8-7-20(15-22(23)27(34)36)33(11-6-14-35)24-16-21(38-4)17-25(39-5)26(24)30/h7-8,15-19,35H,6,9-14H2,1-5H3. The highest BCUT2D eigenvalue weighted by Gasteiger charge is 2.28. The van der Waals surface area contributed by atoms with Crippen molar-refractivity contribution >= 4 is 28.4 Å². The lowest BCUT2D eigenvalue weighted by molar-refractivity contribution is 0.0187. The summed E-state index contributed by atoms with van der Waals surface area (Å²) in [6.45, 7) is 6.62. The Morgan fingerprint density at radius 3 is 2.50 bits per heavy atom. The van der Waals surface area contributed by atoms with Gasteiger partial charge in [-0.25, -0.2) is 14.2 Å². The molecule has 0 aliphatic carbocycles. The minimum absolute atomic E-state index is 0.0193. The molecule has 0 atom stereocenters. The first-order valence-corrected chi connectivity index (χ1v) is 13.3. The van der Waals surface area contributed by atoms with Crippen molar-refractivity contribution in [3.05, 3.63) is 52.8 Å². The third kappa shape index (κ3) is 6.30. The van der Waals surface area contributed by atoms with Crippen molar-refractivity contribution in [3.63, 3.8) is 0 Å². The maximum Gasteiger partial charge on any atom is 0.410 e. The quantitative estimate of drug-likeness (QED) is 0.428. The van der Waals surface area contributed by atoms with Crippen molar-refractivity contribution in [2.45, 2.75) is 51.7 Å². The van der Waals surface area contributed by atoms with Crippen LogP contribution in [0.4, 0.5) is 20.6 Å². The van der Waals surface area contributed by atoms with Crippen LogP contribution in [0.25, 0.3) is 10.9 Å². The molecule has 0 spiro atoms. The Kier molecular flexibility index (Phi) is 8.82. The van der Waals surface area contributed by atoms with Gasteiger partial charge in [0.05, 0.1) is 37.1 Å². The zero-order chi connectivity index (χ0) is 29.0. The Morgan fingerprint density at radius 1 is 1.15 bits per heavy atom. The summed E-state index contributed by atoms with van der Waals surface area (Å²) in [4.78, 5) is 34.0.